The van der Waals surface area contributed by atoms with Crippen molar-refractivity contribution in [3.63, 3.8) is 0 Å². The smallest absolute Gasteiger partial charge is 0.258 e. The number of carbonyl (C=O) groups excluding carboxylic acids is 2. The van der Waals surface area contributed by atoms with Crippen molar-refractivity contribution in [2.45, 2.75) is 37.9 Å². The van der Waals surface area contributed by atoms with E-state index in [9.17, 15) is 18.0 Å². The molecular formula is C20H26N2O5S2. The highest BCUT2D eigenvalue weighted by Crippen LogP contribution is 2.24. The second-order valence-electron chi connectivity index (χ2n) is 6.18. The second-order valence-corrected chi connectivity index (χ2v) is 9.51. The molecule has 2 rings (SSSR count). The van der Waals surface area contributed by atoms with Crippen molar-refractivity contribution >= 4 is 33.1 Å². The lowest BCUT2D eigenvalue weighted by Gasteiger charge is -2.16. The number of sulfonamides is 1. The third-order valence-electron chi connectivity index (χ3n) is 4.26. The molecule has 1 N–H and O–H groups in total. The van der Waals surface area contributed by atoms with Crippen molar-refractivity contribution in [1.29, 1.82) is 0 Å². The summed E-state index contributed by atoms with van der Waals surface area (Å²) in [5, 5.41) is 2.71. The number of hydrogen-bond donors (Lipinski definition) is 1. The normalized spacial score (nSPS) is 11.4. The zero-order valence-electron chi connectivity index (χ0n) is 16.8. The maximum absolute atomic E-state index is 12.5. The Morgan fingerprint density at radius 3 is 2.28 bits per heavy atom. The van der Waals surface area contributed by atoms with Crippen LogP contribution in [0.15, 0.2) is 40.6 Å². The van der Waals surface area contributed by atoms with E-state index in [0.29, 0.717) is 30.8 Å². The molecule has 1 aromatic heterocycles. The van der Waals surface area contributed by atoms with Crippen LogP contribution in [0.1, 0.15) is 42.4 Å². The quantitative estimate of drug-likeness (QED) is 0.544. The average molecular weight is 439 g/mol. The van der Waals surface area contributed by atoms with Gasteiger partial charge in [-0.2, -0.15) is 4.31 Å². The van der Waals surface area contributed by atoms with Crippen LogP contribution in [0.2, 0.25) is 0 Å². The number of ether oxygens (including phenoxy) is 1. The summed E-state index contributed by atoms with van der Waals surface area (Å²) in [5.41, 5.74) is 0.609. The molecule has 0 bridgehead atoms. The zero-order valence-corrected chi connectivity index (χ0v) is 18.4. The standard InChI is InChI=1S/C20H26N2O5S2/c1-4-18(23)15-7-9-16(10-8-15)27-14-19(24)21-13-17-11-12-20(28-17)29(25,26)22(5-2)6-3/h7-12H,4-6,13-14H2,1-3H3,(H,21,24). The minimum Gasteiger partial charge on any atom is -0.484 e. The topological polar surface area (TPSA) is 92.8 Å². The molecule has 1 aromatic carbocycles. The molecule has 0 aliphatic carbocycles. The van der Waals surface area contributed by atoms with E-state index in [1.165, 1.54) is 4.31 Å². The average Bonchev–Trinajstić information content (AvgIpc) is 3.21. The van der Waals surface area contributed by atoms with Crippen molar-refractivity contribution in [2.24, 2.45) is 0 Å². The van der Waals surface area contributed by atoms with Gasteiger partial charge in [-0.3, -0.25) is 9.59 Å². The highest BCUT2D eigenvalue weighted by molar-refractivity contribution is 7.91. The van der Waals surface area contributed by atoms with Crippen molar-refractivity contribution < 1.29 is 22.7 Å². The molecule has 1 heterocycles. The minimum absolute atomic E-state index is 0.0487. The van der Waals surface area contributed by atoms with Gasteiger partial charge in [-0.1, -0.05) is 20.8 Å². The Labute approximate surface area is 175 Å². The molecule has 0 spiro atoms. The fourth-order valence-corrected chi connectivity index (χ4v) is 5.52. The van der Waals surface area contributed by atoms with Gasteiger partial charge in [-0.25, -0.2) is 8.42 Å². The van der Waals surface area contributed by atoms with Gasteiger partial charge in [0, 0.05) is 30.0 Å². The fourth-order valence-electron chi connectivity index (χ4n) is 2.61. The number of nitrogens with zero attached hydrogens (tertiary/aromatic N) is 1. The Balaban J connectivity index is 1.85. The summed E-state index contributed by atoms with van der Waals surface area (Å²) in [5.74, 6) is 0.226. The van der Waals surface area contributed by atoms with Crippen LogP contribution in [-0.4, -0.2) is 44.1 Å². The molecule has 0 aliphatic heterocycles. The second kappa shape index (κ2) is 10.5. The summed E-state index contributed by atoms with van der Waals surface area (Å²) in [6.45, 7) is 6.27. The first kappa shape index (κ1) is 23.1. The maximum atomic E-state index is 12.5. The molecule has 0 atom stereocenters. The van der Waals surface area contributed by atoms with E-state index in [-0.39, 0.29) is 29.1 Å². The summed E-state index contributed by atoms with van der Waals surface area (Å²) in [6.07, 6.45) is 0.434. The van der Waals surface area contributed by atoms with Crippen molar-refractivity contribution in [2.75, 3.05) is 19.7 Å². The summed E-state index contributed by atoms with van der Waals surface area (Å²) in [4.78, 5) is 24.3. The van der Waals surface area contributed by atoms with E-state index in [4.69, 9.17) is 4.74 Å². The number of carbonyl (C=O) groups is 2. The molecule has 0 radical (unpaired) electrons. The van der Waals surface area contributed by atoms with Crippen LogP contribution >= 0.6 is 11.3 Å². The van der Waals surface area contributed by atoms with Crippen LogP contribution in [0.4, 0.5) is 0 Å². The lowest BCUT2D eigenvalue weighted by atomic mass is 10.1. The molecule has 2 aromatic rings. The highest BCUT2D eigenvalue weighted by atomic mass is 32.2. The Morgan fingerprint density at radius 1 is 1.03 bits per heavy atom. The molecule has 0 saturated carbocycles. The Hall–Kier alpha value is -2.23. The largest absolute Gasteiger partial charge is 0.484 e. The number of Topliss-reactive ketones (excluding diaryl/α,β-unsaturated/α-hetero) is 1. The van der Waals surface area contributed by atoms with E-state index in [2.05, 4.69) is 5.32 Å². The van der Waals surface area contributed by atoms with Gasteiger partial charge in [0.2, 0.25) is 0 Å². The Morgan fingerprint density at radius 2 is 1.69 bits per heavy atom. The van der Waals surface area contributed by atoms with Crippen LogP contribution in [-0.2, 0) is 21.4 Å². The van der Waals surface area contributed by atoms with E-state index >= 15 is 0 Å². The van der Waals surface area contributed by atoms with Gasteiger partial charge in [-0.05, 0) is 36.4 Å². The maximum Gasteiger partial charge on any atom is 0.258 e. The summed E-state index contributed by atoms with van der Waals surface area (Å²) >= 11 is 1.14. The number of ketones is 1. The molecule has 9 heteroatoms. The predicted molar refractivity (Wildman–Crippen MR) is 113 cm³/mol. The van der Waals surface area contributed by atoms with Crippen molar-refractivity contribution in [3.05, 3.63) is 46.8 Å². The summed E-state index contributed by atoms with van der Waals surface area (Å²) in [6, 6.07) is 9.91. The number of hydrogen-bond acceptors (Lipinski definition) is 6. The molecule has 1 amide bonds. The molecule has 158 valence electrons. The fraction of sp³-hybridized carbons (Fsp3) is 0.400. The number of amides is 1. The number of thiophene rings is 1. The van der Waals surface area contributed by atoms with Crippen molar-refractivity contribution in [1.82, 2.24) is 9.62 Å². The van der Waals surface area contributed by atoms with Gasteiger partial charge in [0.15, 0.2) is 12.4 Å². The monoisotopic (exact) mass is 438 g/mol. The first-order valence-electron chi connectivity index (χ1n) is 9.43. The predicted octanol–water partition coefficient (Wildman–Crippen LogP) is 3.07. The molecule has 0 unspecified atom stereocenters. The number of rotatable bonds is 11. The van der Waals surface area contributed by atoms with Crippen LogP contribution < -0.4 is 10.1 Å². The number of benzene rings is 1. The van der Waals surface area contributed by atoms with E-state index in [1.807, 2.05) is 0 Å². The first-order valence-corrected chi connectivity index (χ1v) is 11.7. The van der Waals surface area contributed by atoms with Crippen LogP contribution in [0.5, 0.6) is 5.75 Å². The molecule has 7 nitrogen and oxygen atoms in total. The van der Waals surface area contributed by atoms with Gasteiger partial charge in [0.05, 0.1) is 6.54 Å². The van der Waals surface area contributed by atoms with E-state index in [0.717, 1.165) is 16.2 Å². The molecule has 29 heavy (non-hydrogen) atoms. The summed E-state index contributed by atoms with van der Waals surface area (Å²) in [7, 11) is -3.49. The number of nitrogens with one attached hydrogen (secondary N) is 1. The Bertz CT molecular complexity index is 932. The summed E-state index contributed by atoms with van der Waals surface area (Å²) < 4.78 is 32.1. The first-order chi connectivity index (χ1) is 13.8. The molecule has 0 aliphatic rings. The van der Waals surface area contributed by atoms with Gasteiger partial charge in [0.25, 0.3) is 15.9 Å². The molecular weight excluding hydrogens is 412 g/mol. The third kappa shape index (κ3) is 6.12. The lowest BCUT2D eigenvalue weighted by Crippen LogP contribution is -2.30. The van der Waals surface area contributed by atoms with Gasteiger partial charge >= 0.3 is 0 Å². The molecule has 0 fully saturated rings. The van der Waals surface area contributed by atoms with Crippen LogP contribution in [0.3, 0.4) is 0 Å². The zero-order chi connectivity index (χ0) is 21.4. The van der Waals surface area contributed by atoms with Gasteiger partial charge < -0.3 is 10.1 Å². The third-order valence-corrected chi connectivity index (χ3v) is 7.87. The van der Waals surface area contributed by atoms with E-state index < -0.39 is 10.0 Å². The van der Waals surface area contributed by atoms with Crippen LogP contribution in [0.25, 0.3) is 0 Å². The SMILES string of the molecule is CCC(=O)c1ccc(OCC(=O)NCc2ccc(S(=O)(=O)N(CC)CC)s2)cc1. The highest BCUT2D eigenvalue weighted by Gasteiger charge is 2.23. The van der Waals surface area contributed by atoms with Gasteiger partial charge in [0.1, 0.15) is 9.96 Å². The van der Waals surface area contributed by atoms with E-state index in [1.54, 1.807) is 57.2 Å². The molecule has 0 saturated heterocycles. The van der Waals surface area contributed by atoms with Gasteiger partial charge in [-0.15, -0.1) is 11.3 Å². The van der Waals surface area contributed by atoms with Crippen LogP contribution in [0, 0.1) is 0 Å². The van der Waals surface area contributed by atoms with Crippen molar-refractivity contribution in [3.8, 4) is 5.75 Å². The lowest BCUT2D eigenvalue weighted by molar-refractivity contribution is -0.123. The minimum atomic E-state index is -3.49. The Kier molecular flexibility index (Phi) is 8.36.